The van der Waals surface area contributed by atoms with Gasteiger partial charge in [0.15, 0.2) is 0 Å². The summed E-state index contributed by atoms with van der Waals surface area (Å²) in [6.45, 7) is 0. The molecule has 0 bridgehead atoms. The topological polar surface area (TPSA) is 38.9 Å². The van der Waals surface area contributed by atoms with E-state index in [-0.39, 0.29) is 0 Å². The fourth-order valence-corrected chi connectivity index (χ4v) is 0.652. The van der Waals surface area contributed by atoms with Gasteiger partial charge in [0.25, 0.3) is 6.43 Å². The first-order chi connectivity index (χ1) is 5.13. The van der Waals surface area contributed by atoms with Gasteiger partial charge in [-0.15, -0.1) is 0 Å². The molecule has 0 atom stereocenters. The number of hydrogen-bond donors (Lipinski definition) is 1. The fourth-order valence-electron chi connectivity index (χ4n) is 0.652. The van der Waals surface area contributed by atoms with Crippen molar-refractivity contribution in [1.82, 2.24) is 4.98 Å². The van der Waals surface area contributed by atoms with Gasteiger partial charge in [-0.25, -0.2) is 13.8 Å². The molecule has 0 unspecified atom stereocenters. The van der Waals surface area contributed by atoms with Crippen molar-refractivity contribution in [3.05, 3.63) is 23.8 Å². The first kappa shape index (κ1) is 7.84. The summed E-state index contributed by atoms with van der Waals surface area (Å²) in [5.41, 5.74) is 3.87. The lowest BCUT2D eigenvalue weighted by atomic mass is 10.2. The van der Waals surface area contributed by atoms with Gasteiger partial charge in [0.2, 0.25) is 5.95 Å². The van der Waals surface area contributed by atoms with Crippen LogP contribution in [0, 0.1) is 5.95 Å². The predicted octanol–water partition coefficient (Wildman–Crippen LogP) is 1.74. The minimum Gasteiger partial charge on any atom is -0.395 e. The molecule has 2 nitrogen and oxygen atoms in total. The van der Waals surface area contributed by atoms with E-state index < -0.39 is 23.6 Å². The summed E-state index contributed by atoms with van der Waals surface area (Å²) >= 11 is 0. The predicted molar refractivity (Wildman–Crippen MR) is 33.6 cm³/mol. The van der Waals surface area contributed by atoms with Gasteiger partial charge in [-0.1, -0.05) is 0 Å². The second kappa shape index (κ2) is 2.77. The molecule has 60 valence electrons. The summed E-state index contributed by atoms with van der Waals surface area (Å²) in [7, 11) is 0. The van der Waals surface area contributed by atoms with Gasteiger partial charge in [-0.2, -0.15) is 4.39 Å². The number of halogens is 3. The molecule has 11 heavy (non-hydrogen) atoms. The number of nitrogen functional groups attached to an aromatic ring is 1. The highest BCUT2D eigenvalue weighted by Crippen LogP contribution is 2.24. The number of aromatic nitrogens is 1. The number of pyridine rings is 1. The number of alkyl halides is 2. The summed E-state index contributed by atoms with van der Waals surface area (Å²) in [5, 5.41) is 0. The summed E-state index contributed by atoms with van der Waals surface area (Å²) in [6, 6.07) is 0.989. The van der Waals surface area contributed by atoms with Gasteiger partial charge in [0.05, 0.1) is 5.69 Å². The Labute approximate surface area is 60.9 Å². The highest BCUT2D eigenvalue weighted by molar-refractivity contribution is 5.45. The minimum absolute atomic E-state index is 0.516. The van der Waals surface area contributed by atoms with Crippen molar-refractivity contribution < 1.29 is 13.2 Å². The molecule has 0 aliphatic rings. The van der Waals surface area contributed by atoms with Gasteiger partial charge in [0, 0.05) is 11.8 Å². The zero-order valence-electron chi connectivity index (χ0n) is 5.39. The van der Waals surface area contributed by atoms with E-state index >= 15 is 0 Å². The molecular weight excluding hydrogens is 157 g/mol. The lowest BCUT2D eigenvalue weighted by molar-refractivity contribution is 0.151. The molecule has 1 aromatic heterocycles. The third kappa shape index (κ3) is 1.42. The van der Waals surface area contributed by atoms with Crippen LogP contribution in [0.25, 0.3) is 0 Å². The van der Waals surface area contributed by atoms with Crippen molar-refractivity contribution in [1.29, 1.82) is 0 Å². The first-order valence-corrected chi connectivity index (χ1v) is 2.81. The van der Waals surface area contributed by atoms with E-state index in [4.69, 9.17) is 5.73 Å². The van der Waals surface area contributed by atoms with Crippen LogP contribution in [0.15, 0.2) is 12.3 Å². The first-order valence-electron chi connectivity index (χ1n) is 2.81. The second-order valence-corrected chi connectivity index (χ2v) is 1.91. The highest BCUT2D eigenvalue weighted by atomic mass is 19.3. The number of anilines is 1. The van der Waals surface area contributed by atoms with E-state index in [1.165, 1.54) is 0 Å². The minimum atomic E-state index is -2.76. The van der Waals surface area contributed by atoms with E-state index in [2.05, 4.69) is 4.98 Å². The Balaban J connectivity index is 3.17. The molecule has 0 aliphatic carbocycles. The Morgan fingerprint density at radius 2 is 2.09 bits per heavy atom. The van der Waals surface area contributed by atoms with Gasteiger partial charge < -0.3 is 5.73 Å². The average molecular weight is 162 g/mol. The van der Waals surface area contributed by atoms with Crippen LogP contribution in [0.1, 0.15) is 12.0 Å². The Morgan fingerprint density at radius 1 is 1.45 bits per heavy atom. The van der Waals surface area contributed by atoms with Crippen LogP contribution < -0.4 is 5.73 Å². The molecule has 0 aromatic carbocycles. The third-order valence-electron chi connectivity index (χ3n) is 1.21. The van der Waals surface area contributed by atoms with Gasteiger partial charge in [-0.05, 0) is 6.07 Å². The van der Waals surface area contributed by atoms with Crippen LogP contribution >= 0.6 is 0 Å². The van der Waals surface area contributed by atoms with Gasteiger partial charge >= 0.3 is 0 Å². The summed E-state index contributed by atoms with van der Waals surface area (Å²) in [6.07, 6.45) is -1.81. The maximum absolute atomic E-state index is 12.4. The third-order valence-corrected chi connectivity index (χ3v) is 1.21. The van der Waals surface area contributed by atoms with E-state index in [1.807, 2.05) is 0 Å². The quantitative estimate of drug-likeness (QED) is 0.639. The van der Waals surface area contributed by atoms with Crippen LogP contribution in [-0.4, -0.2) is 4.98 Å². The van der Waals surface area contributed by atoms with Gasteiger partial charge in [0.1, 0.15) is 0 Å². The number of hydrogen-bond acceptors (Lipinski definition) is 2. The van der Waals surface area contributed by atoms with Crippen molar-refractivity contribution in [2.75, 3.05) is 5.73 Å². The molecule has 1 aromatic rings. The van der Waals surface area contributed by atoms with E-state index in [9.17, 15) is 13.2 Å². The molecule has 0 saturated carbocycles. The average Bonchev–Trinajstić information content (AvgIpc) is 1.94. The maximum atomic E-state index is 12.4. The van der Waals surface area contributed by atoms with E-state index in [0.29, 0.717) is 0 Å². The number of rotatable bonds is 1. The fraction of sp³-hybridized carbons (Fsp3) is 0.167. The molecule has 2 N–H and O–H groups in total. The standard InChI is InChI=1S/C6H5F3N2/c7-5(8)3-1-2-11-6(9)4(3)10/h1-2,5H,10H2. The van der Waals surface area contributed by atoms with Crippen molar-refractivity contribution in [2.45, 2.75) is 6.43 Å². The van der Waals surface area contributed by atoms with E-state index in [0.717, 1.165) is 12.3 Å². The smallest absolute Gasteiger partial charge is 0.266 e. The maximum Gasteiger partial charge on any atom is 0.266 e. The second-order valence-electron chi connectivity index (χ2n) is 1.91. The molecule has 1 heterocycles. The number of nitrogens with zero attached hydrogens (tertiary/aromatic N) is 1. The van der Waals surface area contributed by atoms with Crippen LogP contribution in [0.5, 0.6) is 0 Å². The Hall–Kier alpha value is -1.26. The molecule has 0 fully saturated rings. The van der Waals surface area contributed by atoms with Crippen molar-refractivity contribution in [3.63, 3.8) is 0 Å². The molecule has 0 spiro atoms. The lowest BCUT2D eigenvalue weighted by Crippen LogP contribution is -1.99. The molecule has 1 rings (SSSR count). The van der Waals surface area contributed by atoms with Crippen LogP contribution in [-0.2, 0) is 0 Å². The molecule has 5 heteroatoms. The van der Waals surface area contributed by atoms with Crippen LogP contribution in [0.4, 0.5) is 18.9 Å². The molecule has 0 radical (unpaired) electrons. The Morgan fingerprint density at radius 3 is 2.55 bits per heavy atom. The zero-order chi connectivity index (χ0) is 8.43. The monoisotopic (exact) mass is 162 g/mol. The molecule has 0 saturated heterocycles. The zero-order valence-corrected chi connectivity index (χ0v) is 5.39. The van der Waals surface area contributed by atoms with Crippen LogP contribution in [0.2, 0.25) is 0 Å². The normalized spacial score (nSPS) is 10.5. The Bertz CT molecular complexity index is 262. The van der Waals surface area contributed by atoms with Gasteiger partial charge in [-0.3, -0.25) is 0 Å². The largest absolute Gasteiger partial charge is 0.395 e. The summed E-state index contributed by atoms with van der Waals surface area (Å²) in [4.78, 5) is 3.10. The van der Waals surface area contributed by atoms with Crippen LogP contribution in [0.3, 0.4) is 0 Å². The summed E-state index contributed by atoms with van der Waals surface area (Å²) in [5.74, 6) is -1.05. The van der Waals surface area contributed by atoms with Crippen molar-refractivity contribution in [3.8, 4) is 0 Å². The Kier molecular flexibility index (Phi) is 1.98. The number of nitrogens with two attached hydrogens (primary N) is 1. The molecule has 0 amide bonds. The molecular formula is C6H5F3N2. The highest BCUT2D eigenvalue weighted by Gasteiger charge is 2.13. The molecule has 0 aliphatic heterocycles. The van der Waals surface area contributed by atoms with Crippen molar-refractivity contribution >= 4 is 5.69 Å². The lowest BCUT2D eigenvalue weighted by Gasteiger charge is -2.02. The van der Waals surface area contributed by atoms with E-state index in [1.54, 1.807) is 0 Å². The van der Waals surface area contributed by atoms with Crippen molar-refractivity contribution in [2.24, 2.45) is 0 Å². The summed E-state index contributed by atoms with van der Waals surface area (Å²) < 4.78 is 36.2. The SMILES string of the molecule is Nc1c(C(F)F)ccnc1F.